The molecule has 1 aromatic rings. The van der Waals surface area contributed by atoms with Gasteiger partial charge in [-0.1, -0.05) is 6.08 Å². The molecule has 0 saturated heterocycles. The molecule has 1 heterocycles. The van der Waals surface area contributed by atoms with E-state index in [9.17, 15) is 9.59 Å². The van der Waals surface area contributed by atoms with Crippen LogP contribution in [0.15, 0.2) is 35.6 Å². The molecule has 1 unspecified atom stereocenters. The van der Waals surface area contributed by atoms with Gasteiger partial charge < -0.3 is 10.4 Å². The maximum Gasteiger partial charge on any atom is 0.326 e. The van der Waals surface area contributed by atoms with E-state index in [1.807, 2.05) is 0 Å². The van der Waals surface area contributed by atoms with Crippen molar-refractivity contribution in [1.29, 1.82) is 0 Å². The van der Waals surface area contributed by atoms with Crippen LogP contribution in [0.25, 0.3) is 0 Å². The molecule has 0 bridgehead atoms. The van der Waals surface area contributed by atoms with E-state index in [2.05, 4.69) is 32.8 Å². The van der Waals surface area contributed by atoms with Crippen molar-refractivity contribution in [3.8, 4) is 0 Å². The van der Waals surface area contributed by atoms with Crippen LogP contribution in [0.4, 0.5) is 0 Å². The number of hydrogen-bond donors (Lipinski definition) is 2. The summed E-state index contributed by atoms with van der Waals surface area (Å²) in [6, 6.07) is 2.06. The van der Waals surface area contributed by atoms with Gasteiger partial charge in [0.25, 0.3) is 5.91 Å². The molecule has 0 aromatic carbocycles. The molecule has 0 radical (unpaired) electrons. The quantitative estimate of drug-likeness (QED) is 0.639. The molecule has 0 aliphatic heterocycles. The number of rotatable bonds is 5. The van der Waals surface area contributed by atoms with Crippen molar-refractivity contribution >= 4 is 27.8 Å². The number of carbonyl (C=O) groups excluding carboxylic acids is 1. The van der Waals surface area contributed by atoms with Crippen molar-refractivity contribution in [2.45, 2.75) is 12.5 Å². The minimum absolute atomic E-state index is 0.174. The van der Waals surface area contributed by atoms with Gasteiger partial charge in [0.1, 0.15) is 10.6 Å². The molecule has 0 fully saturated rings. The summed E-state index contributed by atoms with van der Waals surface area (Å²) in [7, 11) is 0. The highest BCUT2D eigenvalue weighted by Crippen LogP contribution is 2.08. The zero-order valence-electron chi connectivity index (χ0n) is 8.89. The van der Waals surface area contributed by atoms with Crippen LogP contribution in [0.2, 0.25) is 0 Å². The summed E-state index contributed by atoms with van der Waals surface area (Å²) in [6.45, 7) is 3.44. The Bertz CT molecular complexity index is 448. The van der Waals surface area contributed by atoms with Gasteiger partial charge in [0.2, 0.25) is 0 Å². The zero-order chi connectivity index (χ0) is 12.8. The van der Waals surface area contributed by atoms with Gasteiger partial charge in [0, 0.05) is 11.8 Å². The number of nitrogens with one attached hydrogen (secondary N) is 1. The Morgan fingerprint density at radius 3 is 2.88 bits per heavy atom. The first-order valence-corrected chi connectivity index (χ1v) is 5.60. The number of pyridine rings is 1. The fraction of sp³-hybridized carbons (Fsp3) is 0.182. The molecular weight excluding hydrogens is 288 g/mol. The molecule has 0 aliphatic carbocycles. The number of amides is 1. The fourth-order valence-electron chi connectivity index (χ4n) is 1.17. The molecule has 1 atom stereocenters. The van der Waals surface area contributed by atoms with Gasteiger partial charge in [-0.15, -0.1) is 6.58 Å². The number of nitrogens with zero attached hydrogens (tertiary/aromatic N) is 1. The number of aromatic nitrogens is 1. The predicted molar refractivity (Wildman–Crippen MR) is 65.6 cm³/mol. The Morgan fingerprint density at radius 1 is 1.65 bits per heavy atom. The van der Waals surface area contributed by atoms with E-state index >= 15 is 0 Å². The average Bonchev–Trinajstić information content (AvgIpc) is 2.28. The van der Waals surface area contributed by atoms with Crippen LogP contribution in [0.1, 0.15) is 16.8 Å². The lowest BCUT2D eigenvalue weighted by atomic mass is 10.2. The Balaban J connectivity index is 2.77. The van der Waals surface area contributed by atoms with Crippen LogP contribution in [0, 0.1) is 0 Å². The third kappa shape index (κ3) is 3.99. The standard InChI is InChI=1S/C11H11BrN2O3/c1-2-3-8(11(16)17)14-10(15)7-4-5-13-9(12)6-7/h2,4-6,8H,1,3H2,(H,14,15)(H,16,17). The number of halogens is 1. The third-order valence-corrected chi connectivity index (χ3v) is 2.43. The first kappa shape index (κ1) is 13.4. The van der Waals surface area contributed by atoms with E-state index in [0.717, 1.165) is 0 Å². The molecule has 1 rings (SSSR count). The SMILES string of the molecule is C=CCC(NC(=O)c1ccnc(Br)c1)C(=O)O. The van der Waals surface area contributed by atoms with Crippen LogP contribution < -0.4 is 5.32 Å². The van der Waals surface area contributed by atoms with Gasteiger partial charge in [0.05, 0.1) is 0 Å². The molecule has 0 saturated carbocycles. The number of carboxylic acids is 1. The van der Waals surface area contributed by atoms with Crippen molar-refractivity contribution in [3.63, 3.8) is 0 Å². The fourth-order valence-corrected chi connectivity index (χ4v) is 1.54. The molecule has 6 heteroatoms. The normalized spacial score (nSPS) is 11.6. The highest BCUT2D eigenvalue weighted by Gasteiger charge is 2.19. The van der Waals surface area contributed by atoms with Gasteiger partial charge in [-0.05, 0) is 34.5 Å². The van der Waals surface area contributed by atoms with Gasteiger partial charge >= 0.3 is 5.97 Å². The summed E-state index contributed by atoms with van der Waals surface area (Å²) >= 11 is 3.13. The minimum atomic E-state index is -1.09. The number of aliphatic carboxylic acids is 1. The van der Waals surface area contributed by atoms with Crippen LogP contribution in [-0.2, 0) is 4.79 Å². The van der Waals surface area contributed by atoms with Crippen LogP contribution in [-0.4, -0.2) is 28.0 Å². The van der Waals surface area contributed by atoms with Crippen molar-refractivity contribution < 1.29 is 14.7 Å². The van der Waals surface area contributed by atoms with E-state index in [1.54, 1.807) is 0 Å². The maximum atomic E-state index is 11.7. The minimum Gasteiger partial charge on any atom is -0.480 e. The lowest BCUT2D eigenvalue weighted by Crippen LogP contribution is -2.40. The van der Waals surface area contributed by atoms with Crippen LogP contribution in [0.3, 0.4) is 0 Å². The van der Waals surface area contributed by atoms with Gasteiger partial charge in [-0.2, -0.15) is 0 Å². The Kier molecular flexibility index (Phi) is 4.84. The smallest absolute Gasteiger partial charge is 0.326 e. The van der Waals surface area contributed by atoms with Crippen molar-refractivity contribution in [2.24, 2.45) is 0 Å². The Labute approximate surface area is 107 Å². The predicted octanol–water partition coefficient (Wildman–Crippen LogP) is 1.60. The molecule has 90 valence electrons. The summed E-state index contributed by atoms with van der Waals surface area (Å²) < 4.78 is 0.515. The van der Waals surface area contributed by atoms with Gasteiger partial charge in [-0.3, -0.25) is 4.79 Å². The lowest BCUT2D eigenvalue weighted by molar-refractivity contribution is -0.139. The zero-order valence-corrected chi connectivity index (χ0v) is 10.5. The molecule has 1 aromatic heterocycles. The van der Waals surface area contributed by atoms with E-state index in [4.69, 9.17) is 5.11 Å². The van der Waals surface area contributed by atoms with E-state index < -0.39 is 17.9 Å². The van der Waals surface area contributed by atoms with Crippen LogP contribution >= 0.6 is 15.9 Å². The first-order chi connectivity index (χ1) is 8.04. The summed E-state index contributed by atoms with van der Waals surface area (Å²) in [5, 5.41) is 11.3. The summed E-state index contributed by atoms with van der Waals surface area (Å²) in [5.74, 6) is -1.55. The number of carboxylic acid groups (broad SMARTS) is 1. The molecule has 0 spiro atoms. The van der Waals surface area contributed by atoms with Gasteiger partial charge in [0.15, 0.2) is 0 Å². The molecule has 17 heavy (non-hydrogen) atoms. The average molecular weight is 299 g/mol. The highest BCUT2D eigenvalue weighted by molar-refractivity contribution is 9.10. The second-order valence-electron chi connectivity index (χ2n) is 3.26. The Morgan fingerprint density at radius 2 is 2.35 bits per heavy atom. The highest BCUT2D eigenvalue weighted by atomic mass is 79.9. The van der Waals surface area contributed by atoms with Crippen molar-refractivity contribution in [2.75, 3.05) is 0 Å². The second-order valence-corrected chi connectivity index (χ2v) is 4.07. The Hall–Kier alpha value is -1.69. The molecular formula is C11H11BrN2O3. The van der Waals surface area contributed by atoms with E-state index in [-0.39, 0.29) is 6.42 Å². The van der Waals surface area contributed by atoms with Crippen molar-refractivity contribution in [3.05, 3.63) is 41.2 Å². The monoisotopic (exact) mass is 298 g/mol. The second kappa shape index (κ2) is 6.15. The third-order valence-electron chi connectivity index (χ3n) is 1.99. The first-order valence-electron chi connectivity index (χ1n) is 4.80. The topological polar surface area (TPSA) is 79.3 Å². The molecule has 5 nitrogen and oxygen atoms in total. The van der Waals surface area contributed by atoms with Gasteiger partial charge in [-0.25, -0.2) is 9.78 Å². The molecule has 2 N–H and O–H groups in total. The molecule has 1 amide bonds. The molecule has 0 aliphatic rings. The summed E-state index contributed by atoms with van der Waals surface area (Å²) in [4.78, 5) is 26.4. The lowest BCUT2D eigenvalue weighted by Gasteiger charge is -2.12. The van der Waals surface area contributed by atoms with E-state index in [0.29, 0.717) is 10.2 Å². The number of hydrogen-bond acceptors (Lipinski definition) is 3. The number of carbonyl (C=O) groups is 2. The summed E-state index contributed by atoms with van der Waals surface area (Å²) in [6.07, 6.45) is 3.08. The summed E-state index contributed by atoms with van der Waals surface area (Å²) in [5.41, 5.74) is 0.349. The largest absolute Gasteiger partial charge is 0.480 e. The van der Waals surface area contributed by atoms with E-state index in [1.165, 1.54) is 24.4 Å². The maximum absolute atomic E-state index is 11.7. The van der Waals surface area contributed by atoms with Crippen LogP contribution in [0.5, 0.6) is 0 Å². The van der Waals surface area contributed by atoms with Crippen molar-refractivity contribution in [1.82, 2.24) is 10.3 Å².